The number of ether oxygens (including phenoxy) is 1. The van der Waals surface area contributed by atoms with Crippen LogP contribution in [0.4, 0.5) is 0 Å². The van der Waals surface area contributed by atoms with E-state index >= 15 is 0 Å². The molecule has 7 nitrogen and oxygen atoms in total. The molecule has 0 aliphatic carbocycles. The Hall–Kier alpha value is -0.840. The van der Waals surface area contributed by atoms with E-state index in [0.717, 1.165) is 38.5 Å². The van der Waals surface area contributed by atoms with Crippen LogP contribution < -0.4 is 10.6 Å². The van der Waals surface area contributed by atoms with Gasteiger partial charge in [0.15, 0.2) is 5.96 Å². The summed E-state index contributed by atoms with van der Waals surface area (Å²) in [5, 5.41) is 17.2. The summed E-state index contributed by atoms with van der Waals surface area (Å²) < 4.78 is 11.4. The molecule has 8 heteroatoms. The maximum absolute atomic E-state index is 10.7. The third-order valence-electron chi connectivity index (χ3n) is 4.50. The smallest absolute Gasteiger partial charge is 0.191 e. The molecule has 1 aliphatic heterocycles. The Morgan fingerprint density at radius 2 is 2.14 bits per heavy atom. The van der Waals surface area contributed by atoms with E-state index in [1.165, 1.54) is 0 Å². The molecule has 1 aliphatic rings. The van der Waals surface area contributed by atoms with E-state index in [4.69, 9.17) is 9.15 Å². The Labute approximate surface area is 186 Å². The Morgan fingerprint density at radius 3 is 2.75 bits per heavy atom. The van der Waals surface area contributed by atoms with Gasteiger partial charge in [-0.05, 0) is 38.8 Å². The number of aliphatic hydroxyl groups is 1. The van der Waals surface area contributed by atoms with Gasteiger partial charge >= 0.3 is 0 Å². The third kappa shape index (κ3) is 8.26. The number of guanidine groups is 1. The Bertz CT molecular complexity index is 604. The molecule has 28 heavy (non-hydrogen) atoms. The lowest BCUT2D eigenvalue weighted by atomic mass is 10.0. The molecule has 2 heterocycles. The minimum atomic E-state index is -1.15. The quantitative estimate of drug-likeness (QED) is 0.284. The van der Waals surface area contributed by atoms with Gasteiger partial charge in [-0.2, -0.15) is 0 Å². The topological polar surface area (TPSA) is 82.3 Å². The van der Waals surface area contributed by atoms with Gasteiger partial charge in [-0.25, -0.2) is 4.99 Å². The molecular formula is C20H37IN4O3. The molecule has 2 atom stereocenters. The Morgan fingerprint density at radius 1 is 1.39 bits per heavy atom. The molecule has 0 saturated carbocycles. The predicted molar refractivity (Wildman–Crippen MR) is 123 cm³/mol. The zero-order chi connectivity index (χ0) is 19.9. The van der Waals surface area contributed by atoms with Crippen molar-refractivity contribution in [3.63, 3.8) is 0 Å². The zero-order valence-electron chi connectivity index (χ0n) is 17.8. The van der Waals surface area contributed by atoms with Crippen LogP contribution in [0.15, 0.2) is 21.5 Å². The van der Waals surface area contributed by atoms with Gasteiger partial charge in [0.05, 0.1) is 19.3 Å². The molecule has 1 fully saturated rings. The van der Waals surface area contributed by atoms with Crippen LogP contribution in [0.25, 0.3) is 0 Å². The van der Waals surface area contributed by atoms with Gasteiger partial charge in [0, 0.05) is 32.7 Å². The van der Waals surface area contributed by atoms with Gasteiger partial charge in [0.1, 0.15) is 17.1 Å². The largest absolute Gasteiger partial charge is 0.463 e. The number of furan rings is 1. The van der Waals surface area contributed by atoms with Crippen LogP contribution in [0.5, 0.6) is 0 Å². The first kappa shape index (κ1) is 25.2. The standard InChI is InChI=1S/C20H36N4O3.HI/c1-6-21-19(23-14-20(5,25)18-8-7-16(4)27-18)22-11-17-13-24(9-10-26-17)12-15(2)3;/h7-8,15,17,25H,6,9-14H2,1-5H3,(H2,21,22,23);1H. The van der Waals surface area contributed by atoms with Gasteiger partial charge in [0.25, 0.3) is 0 Å². The van der Waals surface area contributed by atoms with Gasteiger partial charge in [-0.3, -0.25) is 4.90 Å². The first-order chi connectivity index (χ1) is 12.8. The van der Waals surface area contributed by atoms with Crippen molar-refractivity contribution >= 4 is 29.9 Å². The van der Waals surface area contributed by atoms with E-state index in [1.807, 2.05) is 19.9 Å². The number of nitrogens with one attached hydrogen (secondary N) is 2. The Balaban J connectivity index is 0.00000392. The van der Waals surface area contributed by atoms with Crippen LogP contribution in [-0.4, -0.2) is 67.9 Å². The van der Waals surface area contributed by atoms with E-state index in [1.54, 1.807) is 13.0 Å². The summed E-state index contributed by atoms with van der Waals surface area (Å²) >= 11 is 0. The van der Waals surface area contributed by atoms with Crippen LogP contribution in [-0.2, 0) is 10.3 Å². The van der Waals surface area contributed by atoms with Gasteiger partial charge in [-0.1, -0.05) is 13.8 Å². The molecule has 2 rings (SSSR count). The number of aliphatic imine (C=N–C) groups is 1. The van der Waals surface area contributed by atoms with E-state index in [9.17, 15) is 5.11 Å². The molecule has 2 unspecified atom stereocenters. The van der Waals surface area contributed by atoms with Crippen molar-refractivity contribution < 1.29 is 14.3 Å². The second-order valence-electron chi connectivity index (χ2n) is 7.91. The zero-order valence-corrected chi connectivity index (χ0v) is 20.2. The second kappa shape index (κ2) is 12.0. The molecule has 0 amide bonds. The van der Waals surface area contributed by atoms with E-state index < -0.39 is 5.60 Å². The molecule has 0 bridgehead atoms. The fourth-order valence-corrected chi connectivity index (χ4v) is 3.17. The highest BCUT2D eigenvalue weighted by molar-refractivity contribution is 14.0. The van der Waals surface area contributed by atoms with Gasteiger partial charge in [-0.15, -0.1) is 24.0 Å². The molecule has 1 saturated heterocycles. The lowest BCUT2D eigenvalue weighted by molar-refractivity contribution is -0.0284. The molecular weight excluding hydrogens is 471 g/mol. The summed E-state index contributed by atoms with van der Waals surface area (Å²) in [6, 6.07) is 3.64. The van der Waals surface area contributed by atoms with Crippen molar-refractivity contribution in [1.82, 2.24) is 15.5 Å². The molecule has 0 aromatic carbocycles. The minimum Gasteiger partial charge on any atom is -0.463 e. The highest BCUT2D eigenvalue weighted by atomic mass is 127. The van der Waals surface area contributed by atoms with Crippen LogP contribution >= 0.6 is 24.0 Å². The summed E-state index contributed by atoms with van der Waals surface area (Å²) in [6.07, 6.45) is 0.134. The van der Waals surface area contributed by atoms with Crippen molar-refractivity contribution in [3.05, 3.63) is 23.7 Å². The average Bonchev–Trinajstić information content (AvgIpc) is 3.04. The number of hydrogen-bond acceptors (Lipinski definition) is 5. The van der Waals surface area contributed by atoms with Gasteiger partial charge < -0.3 is 24.9 Å². The molecule has 0 radical (unpaired) electrons. The number of nitrogens with zero attached hydrogens (tertiary/aromatic N) is 2. The molecule has 1 aromatic rings. The number of hydrogen-bond donors (Lipinski definition) is 3. The molecule has 162 valence electrons. The number of halogens is 1. The van der Waals surface area contributed by atoms with Crippen LogP contribution in [0.1, 0.15) is 39.2 Å². The first-order valence-electron chi connectivity index (χ1n) is 9.95. The van der Waals surface area contributed by atoms with Crippen LogP contribution in [0.3, 0.4) is 0 Å². The van der Waals surface area contributed by atoms with E-state index in [2.05, 4.69) is 34.4 Å². The summed E-state index contributed by atoms with van der Waals surface area (Å²) in [5.41, 5.74) is -1.15. The number of morpholine rings is 1. The lowest BCUT2D eigenvalue weighted by Gasteiger charge is -2.34. The molecule has 3 N–H and O–H groups in total. The maximum atomic E-state index is 10.7. The van der Waals surface area contributed by atoms with Crippen molar-refractivity contribution in [1.29, 1.82) is 0 Å². The molecule has 1 aromatic heterocycles. The van der Waals surface area contributed by atoms with Crippen molar-refractivity contribution in [2.45, 2.75) is 46.3 Å². The minimum absolute atomic E-state index is 0. The van der Waals surface area contributed by atoms with Crippen LogP contribution in [0.2, 0.25) is 0 Å². The molecule has 0 spiro atoms. The summed E-state index contributed by atoms with van der Waals surface area (Å²) in [6.45, 7) is 15.5. The average molecular weight is 508 g/mol. The number of rotatable bonds is 8. The Kier molecular flexibility index (Phi) is 10.8. The fourth-order valence-electron chi connectivity index (χ4n) is 3.17. The van der Waals surface area contributed by atoms with Gasteiger partial charge in [0.2, 0.25) is 0 Å². The maximum Gasteiger partial charge on any atom is 0.191 e. The van der Waals surface area contributed by atoms with Crippen LogP contribution in [0, 0.1) is 12.8 Å². The summed E-state index contributed by atoms with van der Waals surface area (Å²) in [4.78, 5) is 6.99. The highest BCUT2D eigenvalue weighted by Crippen LogP contribution is 2.23. The van der Waals surface area contributed by atoms with Crippen molar-refractivity contribution in [2.24, 2.45) is 10.9 Å². The normalized spacial score (nSPS) is 20.5. The second-order valence-corrected chi connectivity index (χ2v) is 7.91. The van der Waals surface area contributed by atoms with Crippen molar-refractivity contribution in [2.75, 3.05) is 45.9 Å². The first-order valence-corrected chi connectivity index (χ1v) is 9.95. The lowest BCUT2D eigenvalue weighted by Crippen LogP contribution is -2.50. The highest BCUT2D eigenvalue weighted by Gasteiger charge is 2.27. The third-order valence-corrected chi connectivity index (χ3v) is 4.50. The monoisotopic (exact) mass is 508 g/mol. The fraction of sp³-hybridized carbons (Fsp3) is 0.750. The predicted octanol–water partition coefficient (Wildman–Crippen LogP) is 2.33. The summed E-state index contributed by atoms with van der Waals surface area (Å²) in [7, 11) is 0. The number of aryl methyl sites for hydroxylation is 1. The van der Waals surface area contributed by atoms with E-state index in [-0.39, 0.29) is 36.6 Å². The van der Waals surface area contributed by atoms with E-state index in [0.29, 0.717) is 24.2 Å². The summed E-state index contributed by atoms with van der Waals surface area (Å²) in [5.74, 6) is 2.63. The SMILES string of the molecule is CCNC(=NCC(C)(O)c1ccc(C)o1)NCC1CN(CC(C)C)CCO1.I. The van der Waals surface area contributed by atoms with Crippen molar-refractivity contribution in [3.8, 4) is 0 Å².